The summed E-state index contributed by atoms with van der Waals surface area (Å²) < 4.78 is 32.9. The van der Waals surface area contributed by atoms with Gasteiger partial charge in [0.25, 0.3) is 0 Å². The first-order valence-electron chi connectivity index (χ1n) is 11.2. The predicted molar refractivity (Wildman–Crippen MR) is 128 cm³/mol. The fourth-order valence-corrected chi connectivity index (χ4v) is 6.48. The Kier molecular flexibility index (Phi) is 6.49. The fraction of sp³-hybridized carbons (Fsp3) is 0.400. The molecule has 1 aliphatic rings. The largest absolute Gasteiger partial charge is 0.454 e. The van der Waals surface area contributed by atoms with Crippen LogP contribution in [0.4, 0.5) is 0 Å². The predicted octanol–water partition coefficient (Wildman–Crippen LogP) is 3.37. The van der Waals surface area contributed by atoms with Crippen LogP contribution in [0.5, 0.6) is 0 Å². The molecule has 8 nitrogen and oxygen atoms in total. The van der Waals surface area contributed by atoms with Crippen LogP contribution in [0.3, 0.4) is 0 Å². The van der Waals surface area contributed by atoms with Gasteiger partial charge in [0, 0.05) is 23.0 Å². The summed E-state index contributed by atoms with van der Waals surface area (Å²) in [5.41, 5.74) is 4.62. The average molecular weight is 484 g/mol. The number of sulfone groups is 1. The lowest BCUT2D eigenvalue weighted by molar-refractivity contribution is 0.0473. The quantitative estimate of drug-likeness (QED) is 0.377. The molecule has 0 N–H and O–H groups in total. The Morgan fingerprint density at radius 1 is 1.09 bits per heavy atom. The first kappa shape index (κ1) is 23.9. The summed E-state index contributed by atoms with van der Waals surface area (Å²) in [4.78, 5) is 25.7. The lowest BCUT2D eigenvalue weighted by Gasteiger charge is -2.16. The zero-order valence-corrected chi connectivity index (χ0v) is 20.7. The molecule has 180 valence electrons. The number of hydrogen-bond acceptors (Lipinski definition) is 6. The van der Waals surface area contributed by atoms with Gasteiger partial charge < -0.3 is 9.30 Å². The normalized spacial score (nSPS) is 17.1. The minimum Gasteiger partial charge on any atom is -0.454 e. The molecule has 0 spiro atoms. The van der Waals surface area contributed by atoms with E-state index in [0.717, 1.165) is 11.3 Å². The Hall–Kier alpha value is -3.20. The third-order valence-electron chi connectivity index (χ3n) is 6.45. The summed E-state index contributed by atoms with van der Waals surface area (Å²) in [6.45, 7) is 7.35. The van der Waals surface area contributed by atoms with E-state index in [0.29, 0.717) is 41.2 Å². The highest BCUT2D eigenvalue weighted by Crippen LogP contribution is 2.29. The minimum absolute atomic E-state index is 0.0809. The summed E-state index contributed by atoms with van der Waals surface area (Å²) in [7, 11) is -3.05. The standard InChI is InChI=1S/C25H29N3O5S/c1-16-12-22(18(3)28(16)21-10-11-34(31,32)15-21)23(29)14-33-25(30)24-17(2)26-27(19(24)4)13-20-8-6-5-7-9-20/h5-9,12,21H,10-11,13-15H2,1-4H3/t21-/m1/s1. The molecular formula is C25H29N3O5S. The second-order valence-corrected chi connectivity index (χ2v) is 11.1. The van der Waals surface area contributed by atoms with Gasteiger partial charge in [0.2, 0.25) is 5.78 Å². The number of aromatic nitrogens is 3. The van der Waals surface area contributed by atoms with Crippen molar-refractivity contribution in [3.8, 4) is 0 Å². The Labute approximate surface area is 199 Å². The number of benzene rings is 1. The van der Waals surface area contributed by atoms with E-state index in [2.05, 4.69) is 5.10 Å². The van der Waals surface area contributed by atoms with Crippen molar-refractivity contribution >= 4 is 21.6 Å². The van der Waals surface area contributed by atoms with Gasteiger partial charge in [0.05, 0.1) is 29.4 Å². The number of carbonyl (C=O) groups is 2. The Morgan fingerprint density at radius 3 is 2.44 bits per heavy atom. The van der Waals surface area contributed by atoms with Crippen molar-refractivity contribution < 1.29 is 22.7 Å². The number of Topliss-reactive ketones (excluding diaryl/α,β-unsaturated/α-hetero) is 1. The molecule has 9 heteroatoms. The van der Waals surface area contributed by atoms with Crippen LogP contribution < -0.4 is 0 Å². The molecule has 3 aromatic rings. The molecule has 1 saturated heterocycles. The van der Waals surface area contributed by atoms with Crippen LogP contribution in [0, 0.1) is 27.7 Å². The number of esters is 1. The van der Waals surface area contributed by atoms with E-state index in [1.165, 1.54) is 0 Å². The van der Waals surface area contributed by atoms with E-state index >= 15 is 0 Å². The van der Waals surface area contributed by atoms with Crippen molar-refractivity contribution in [1.29, 1.82) is 0 Å². The van der Waals surface area contributed by atoms with Gasteiger partial charge in [-0.1, -0.05) is 30.3 Å². The maximum absolute atomic E-state index is 12.9. The van der Waals surface area contributed by atoms with Crippen LogP contribution in [0.1, 0.15) is 61.5 Å². The molecule has 0 unspecified atom stereocenters. The highest BCUT2D eigenvalue weighted by atomic mass is 32.2. The number of ketones is 1. The van der Waals surface area contributed by atoms with Crippen LogP contribution in [-0.2, 0) is 21.1 Å². The van der Waals surface area contributed by atoms with E-state index in [4.69, 9.17) is 4.74 Å². The van der Waals surface area contributed by atoms with Gasteiger partial charge in [-0.15, -0.1) is 0 Å². The number of hydrogen-bond donors (Lipinski definition) is 0. The summed E-state index contributed by atoms with van der Waals surface area (Å²) in [6, 6.07) is 11.4. The third kappa shape index (κ3) is 4.70. The second-order valence-electron chi connectivity index (χ2n) is 8.90. The van der Waals surface area contributed by atoms with E-state index in [-0.39, 0.29) is 23.3 Å². The Balaban J connectivity index is 1.46. The lowest BCUT2D eigenvalue weighted by atomic mass is 10.1. The highest BCUT2D eigenvalue weighted by molar-refractivity contribution is 7.91. The summed E-state index contributed by atoms with van der Waals surface area (Å²) >= 11 is 0. The van der Waals surface area contributed by atoms with E-state index in [9.17, 15) is 18.0 Å². The number of ether oxygens (including phenoxy) is 1. The first-order chi connectivity index (χ1) is 16.1. The topological polar surface area (TPSA) is 100 Å². The molecule has 1 atom stereocenters. The van der Waals surface area contributed by atoms with Crippen LogP contribution in [0.2, 0.25) is 0 Å². The van der Waals surface area contributed by atoms with Gasteiger partial charge in [0.15, 0.2) is 16.4 Å². The molecule has 1 aliphatic heterocycles. The van der Waals surface area contributed by atoms with Gasteiger partial charge in [-0.2, -0.15) is 5.10 Å². The molecule has 2 aromatic heterocycles. The summed E-state index contributed by atoms with van der Waals surface area (Å²) in [5, 5.41) is 4.48. The lowest BCUT2D eigenvalue weighted by Crippen LogP contribution is -2.17. The Bertz CT molecular complexity index is 1350. The van der Waals surface area contributed by atoms with E-state index in [1.807, 2.05) is 48.7 Å². The van der Waals surface area contributed by atoms with Gasteiger partial charge in [-0.25, -0.2) is 13.2 Å². The number of nitrogens with zero attached hydrogens (tertiary/aromatic N) is 3. The maximum Gasteiger partial charge on any atom is 0.342 e. The van der Waals surface area contributed by atoms with Gasteiger partial charge in [0.1, 0.15) is 5.56 Å². The van der Waals surface area contributed by atoms with Crippen molar-refractivity contribution in [2.45, 2.75) is 46.7 Å². The molecule has 0 aliphatic carbocycles. The van der Waals surface area contributed by atoms with Crippen molar-refractivity contribution in [2.75, 3.05) is 18.1 Å². The summed E-state index contributed by atoms with van der Waals surface area (Å²) in [5.74, 6) is -0.664. The number of aryl methyl sites for hydroxylation is 2. The Morgan fingerprint density at radius 2 is 1.79 bits per heavy atom. The molecule has 0 radical (unpaired) electrons. The maximum atomic E-state index is 12.9. The highest BCUT2D eigenvalue weighted by Gasteiger charge is 2.32. The van der Waals surface area contributed by atoms with E-state index in [1.54, 1.807) is 24.6 Å². The van der Waals surface area contributed by atoms with Crippen LogP contribution in [0.25, 0.3) is 0 Å². The zero-order valence-electron chi connectivity index (χ0n) is 19.9. The second kappa shape index (κ2) is 9.21. The van der Waals surface area contributed by atoms with Gasteiger partial charge >= 0.3 is 5.97 Å². The average Bonchev–Trinajstić information content (AvgIpc) is 3.38. The molecule has 34 heavy (non-hydrogen) atoms. The molecular weight excluding hydrogens is 454 g/mol. The molecule has 0 bridgehead atoms. The van der Waals surface area contributed by atoms with Gasteiger partial charge in [-0.3, -0.25) is 9.48 Å². The third-order valence-corrected chi connectivity index (χ3v) is 8.20. The van der Waals surface area contributed by atoms with Gasteiger partial charge in [-0.05, 0) is 45.7 Å². The molecule has 1 fully saturated rings. The van der Waals surface area contributed by atoms with E-state index < -0.39 is 22.4 Å². The van der Waals surface area contributed by atoms with Crippen molar-refractivity contribution in [1.82, 2.24) is 14.3 Å². The van der Waals surface area contributed by atoms with Crippen molar-refractivity contribution in [3.63, 3.8) is 0 Å². The van der Waals surface area contributed by atoms with Crippen LogP contribution in [-0.4, -0.2) is 52.6 Å². The first-order valence-corrected chi connectivity index (χ1v) is 13.1. The molecule has 3 heterocycles. The zero-order chi connectivity index (χ0) is 24.6. The monoisotopic (exact) mass is 483 g/mol. The molecule has 4 rings (SSSR count). The van der Waals surface area contributed by atoms with Crippen LogP contribution in [0.15, 0.2) is 36.4 Å². The summed E-state index contributed by atoms with van der Waals surface area (Å²) in [6.07, 6.45) is 0.535. The minimum atomic E-state index is -3.05. The molecule has 0 amide bonds. The molecule has 1 aromatic carbocycles. The molecule has 0 saturated carbocycles. The number of carbonyl (C=O) groups excluding carboxylic acids is 2. The smallest absolute Gasteiger partial charge is 0.342 e. The number of rotatable bonds is 7. The van der Waals surface area contributed by atoms with Crippen molar-refractivity contribution in [3.05, 3.63) is 75.9 Å². The SMILES string of the molecule is Cc1nn(Cc2ccccc2)c(C)c1C(=O)OCC(=O)c1cc(C)n([C@@H]2CCS(=O)(=O)C2)c1C. The fourth-order valence-electron chi connectivity index (χ4n) is 4.78. The van der Waals surface area contributed by atoms with Crippen molar-refractivity contribution in [2.24, 2.45) is 0 Å². The van der Waals surface area contributed by atoms with Crippen LogP contribution >= 0.6 is 0 Å².